The maximum absolute atomic E-state index is 7.07. The fourth-order valence-electron chi connectivity index (χ4n) is 8.86. The molecule has 1 unspecified atom stereocenters. The predicted molar refractivity (Wildman–Crippen MR) is 219 cm³/mol. The normalized spacial score (nSPS) is 17.7. The number of hydrogen-bond donors (Lipinski definition) is 1. The van der Waals surface area contributed by atoms with Crippen molar-refractivity contribution in [2.45, 2.75) is 12.3 Å². The standard InChI is InChI=1S/C49H33N3O/c1-29(51-43-18-7-4-15-40(43)49(50)39-26-25-38-33-12-3-2-11-32(33)36-16-10-17-37(39)48(36)38)30-21-23-31(24-22-30)52-44-19-8-5-13-34(44)41-27-42-35-14-6-9-20-46(35)53-47(42)28-45(41)52/h2-26,28,42H,1,27,50H2/b49-40-,51-43?. The van der Waals surface area contributed by atoms with Crippen LogP contribution in [0.2, 0.25) is 0 Å². The summed E-state index contributed by atoms with van der Waals surface area (Å²) in [5.41, 5.74) is 23.2. The van der Waals surface area contributed by atoms with E-state index in [1.54, 1.807) is 0 Å². The number of nitrogens with zero attached hydrogens (tertiary/aromatic N) is 2. The molecule has 0 fully saturated rings. The Hall–Kier alpha value is -6.91. The fraction of sp³-hybridized carbons (Fsp3) is 0.0408. The van der Waals surface area contributed by atoms with Crippen LogP contribution >= 0.6 is 0 Å². The predicted octanol–water partition coefficient (Wildman–Crippen LogP) is 11.4. The number of aliphatic imine (C=N–C) groups is 1. The zero-order valence-corrected chi connectivity index (χ0v) is 28.9. The lowest BCUT2D eigenvalue weighted by Crippen LogP contribution is -2.10. The minimum atomic E-state index is 0.244. The van der Waals surface area contributed by atoms with Crippen molar-refractivity contribution in [1.82, 2.24) is 4.57 Å². The number of nitrogens with two attached hydrogens (primary N) is 1. The first-order valence-electron chi connectivity index (χ1n) is 18.1. The fourth-order valence-corrected chi connectivity index (χ4v) is 8.86. The highest BCUT2D eigenvalue weighted by Gasteiger charge is 2.35. The Bertz CT molecular complexity index is 2880. The first-order valence-corrected chi connectivity index (χ1v) is 18.1. The van der Waals surface area contributed by atoms with E-state index in [0.29, 0.717) is 11.4 Å². The van der Waals surface area contributed by atoms with E-state index in [1.807, 2.05) is 24.3 Å². The smallest absolute Gasteiger partial charge is 0.130 e. The summed E-state index contributed by atoms with van der Waals surface area (Å²) in [5.74, 6) is 2.23. The highest BCUT2D eigenvalue weighted by molar-refractivity contribution is 6.21. The van der Waals surface area contributed by atoms with Gasteiger partial charge in [0.1, 0.15) is 11.5 Å². The van der Waals surface area contributed by atoms with Gasteiger partial charge in [0, 0.05) is 39.5 Å². The summed E-state index contributed by atoms with van der Waals surface area (Å²) in [5, 5.41) is 3.68. The largest absolute Gasteiger partial charge is 0.461 e. The van der Waals surface area contributed by atoms with Crippen LogP contribution in [0.15, 0.2) is 175 Å². The molecule has 2 heterocycles. The third kappa shape index (κ3) is 4.39. The minimum absolute atomic E-state index is 0.244. The van der Waals surface area contributed by atoms with Crippen LogP contribution in [0.5, 0.6) is 5.75 Å². The van der Waals surface area contributed by atoms with Crippen molar-refractivity contribution < 1.29 is 4.74 Å². The molecule has 0 radical (unpaired) electrons. The zero-order chi connectivity index (χ0) is 35.2. The van der Waals surface area contributed by atoms with Gasteiger partial charge in [-0.15, -0.1) is 0 Å². The second-order valence-corrected chi connectivity index (χ2v) is 14.1. The Kier molecular flexibility index (Phi) is 6.35. The van der Waals surface area contributed by atoms with Gasteiger partial charge in [-0.1, -0.05) is 128 Å². The van der Waals surface area contributed by atoms with Gasteiger partial charge in [-0.3, -0.25) is 0 Å². The van der Waals surface area contributed by atoms with Gasteiger partial charge in [-0.05, 0) is 80.9 Å². The molecule has 0 bridgehead atoms. The van der Waals surface area contributed by atoms with E-state index in [4.69, 9.17) is 15.5 Å². The minimum Gasteiger partial charge on any atom is -0.461 e. The van der Waals surface area contributed by atoms with Gasteiger partial charge in [0.2, 0.25) is 0 Å². The summed E-state index contributed by atoms with van der Waals surface area (Å²) in [4.78, 5) is 5.08. The van der Waals surface area contributed by atoms with Crippen molar-refractivity contribution in [3.63, 3.8) is 0 Å². The number of aromatic nitrogens is 1. The molecular formula is C49H33N3O. The van der Waals surface area contributed by atoms with Crippen molar-refractivity contribution in [3.05, 3.63) is 198 Å². The molecule has 6 aromatic carbocycles. The van der Waals surface area contributed by atoms with Gasteiger partial charge in [-0.2, -0.15) is 0 Å². The Balaban J connectivity index is 0.946. The van der Waals surface area contributed by atoms with Gasteiger partial charge in [0.25, 0.3) is 0 Å². The van der Waals surface area contributed by atoms with Crippen LogP contribution in [0.4, 0.5) is 0 Å². The number of para-hydroxylation sites is 2. The van der Waals surface area contributed by atoms with Crippen LogP contribution in [-0.2, 0) is 6.42 Å². The van der Waals surface area contributed by atoms with Gasteiger partial charge in [0.15, 0.2) is 0 Å². The molecule has 0 saturated heterocycles. The molecule has 11 rings (SSSR count). The van der Waals surface area contributed by atoms with E-state index in [-0.39, 0.29) is 5.92 Å². The molecule has 7 aromatic rings. The van der Waals surface area contributed by atoms with Crippen LogP contribution in [0.25, 0.3) is 67.1 Å². The maximum Gasteiger partial charge on any atom is 0.130 e. The molecule has 1 aliphatic heterocycles. The highest BCUT2D eigenvalue weighted by Crippen LogP contribution is 2.50. The van der Waals surface area contributed by atoms with Crippen LogP contribution in [0.3, 0.4) is 0 Å². The Morgan fingerprint density at radius 3 is 2.30 bits per heavy atom. The van der Waals surface area contributed by atoms with Crippen LogP contribution in [-0.4, -0.2) is 10.3 Å². The van der Waals surface area contributed by atoms with E-state index in [9.17, 15) is 0 Å². The molecule has 4 aliphatic rings. The summed E-state index contributed by atoms with van der Waals surface area (Å²) < 4.78 is 8.73. The van der Waals surface area contributed by atoms with E-state index in [0.717, 1.165) is 51.4 Å². The molecule has 3 aliphatic carbocycles. The molecule has 0 spiro atoms. The Morgan fingerprint density at radius 1 is 0.717 bits per heavy atom. The van der Waals surface area contributed by atoms with Gasteiger partial charge in [0.05, 0.1) is 28.5 Å². The molecule has 4 heteroatoms. The first-order chi connectivity index (χ1) is 26.1. The molecular weight excluding hydrogens is 647 g/mol. The topological polar surface area (TPSA) is 52.5 Å². The lowest BCUT2D eigenvalue weighted by atomic mass is 9.86. The number of hydrogen-bond acceptors (Lipinski definition) is 3. The quantitative estimate of drug-likeness (QED) is 0.201. The summed E-state index contributed by atoms with van der Waals surface area (Å²) in [6.07, 6.45) is 11.2. The van der Waals surface area contributed by atoms with Gasteiger partial charge < -0.3 is 15.0 Å². The highest BCUT2D eigenvalue weighted by atomic mass is 16.5. The van der Waals surface area contributed by atoms with Crippen LogP contribution in [0, 0.1) is 0 Å². The van der Waals surface area contributed by atoms with E-state index in [1.165, 1.54) is 55.4 Å². The average Bonchev–Trinajstić information content (AvgIpc) is 3.85. The Morgan fingerprint density at radius 2 is 1.43 bits per heavy atom. The lowest BCUT2D eigenvalue weighted by Gasteiger charge is -2.19. The second kappa shape index (κ2) is 11.3. The molecule has 250 valence electrons. The summed E-state index contributed by atoms with van der Waals surface area (Å²) in [6, 6.07) is 45.1. The van der Waals surface area contributed by atoms with Crippen LogP contribution < -0.4 is 10.5 Å². The Labute approximate surface area is 307 Å². The number of allylic oxidation sites excluding steroid dienone is 6. The molecule has 2 N–H and O–H groups in total. The molecule has 1 aromatic heterocycles. The first kappa shape index (κ1) is 29.8. The van der Waals surface area contributed by atoms with Crippen molar-refractivity contribution in [2.24, 2.45) is 10.7 Å². The van der Waals surface area contributed by atoms with Crippen molar-refractivity contribution in [1.29, 1.82) is 0 Å². The molecule has 0 amide bonds. The second-order valence-electron chi connectivity index (χ2n) is 14.1. The number of ether oxygens (including phenoxy) is 1. The third-order valence-corrected chi connectivity index (χ3v) is 11.3. The van der Waals surface area contributed by atoms with E-state index in [2.05, 4.69) is 145 Å². The molecule has 0 saturated carbocycles. The van der Waals surface area contributed by atoms with Gasteiger partial charge in [-0.25, -0.2) is 4.99 Å². The summed E-state index contributed by atoms with van der Waals surface area (Å²) in [7, 11) is 0. The van der Waals surface area contributed by atoms with Crippen LogP contribution in [0.1, 0.15) is 33.9 Å². The average molecular weight is 680 g/mol. The van der Waals surface area contributed by atoms with Crippen molar-refractivity contribution >= 4 is 44.9 Å². The van der Waals surface area contributed by atoms with Crippen molar-refractivity contribution in [3.8, 4) is 33.7 Å². The SMILES string of the molecule is C=C(N=C1C=CC=C/C1=C(/N)c1ccc2c3c(cccc13)-c1ccccc1-2)c1ccc(-n2c3c(c4ccccc42)CC2C(=C3)Oc3ccccc32)cc1. The maximum atomic E-state index is 7.07. The zero-order valence-electron chi connectivity index (χ0n) is 28.9. The number of rotatable bonds is 4. The van der Waals surface area contributed by atoms with E-state index >= 15 is 0 Å². The van der Waals surface area contributed by atoms with Gasteiger partial charge >= 0.3 is 0 Å². The number of fused-ring (bicyclic) bond motifs is 9. The summed E-state index contributed by atoms with van der Waals surface area (Å²) in [6.45, 7) is 4.42. The van der Waals surface area contributed by atoms with E-state index < -0.39 is 0 Å². The number of benzene rings is 6. The summed E-state index contributed by atoms with van der Waals surface area (Å²) >= 11 is 0. The third-order valence-electron chi connectivity index (χ3n) is 11.3. The molecule has 1 atom stereocenters. The molecule has 53 heavy (non-hydrogen) atoms. The monoisotopic (exact) mass is 679 g/mol. The van der Waals surface area contributed by atoms with Crippen molar-refractivity contribution in [2.75, 3.05) is 0 Å². The molecule has 4 nitrogen and oxygen atoms in total. The lowest BCUT2D eigenvalue weighted by molar-refractivity contribution is 0.429.